The molecule has 0 aliphatic carbocycles. The number of hydrogen-bond donors (Lipinski definition) is 2. The van der Waals surface area contributed by atoms with E-state index in [0.29, 0.717) is 13.0 Å². The normalized spacial score (nSPS) is 15.7. The van der Waals surface area contributed by atoms with E-state index < -0.39 is 11.5 Å². The van der Waals surface area contributed by atoms with Crippen LogP contribution in [0.1, 0.15) is 33.6 Å². The number of hydrogen-bond acceptors (Lipinski definition) is 5. The summed E-state index contributed by atoms with van der Waals surface area (Å²) in [7, 11) is 0. The minimum absolute atomic E-state index is 0.153. The Morgan fingerprint density at radius 2 is 2.37 bits per heavy atom. The average Bonchev–Trinajstić information content (AvgIpc) is 2.37. The molecule has 19 heavy (non-hydrogen) atoms. The molecule has 1 rings (SSSR count). The number of carboxylic acid groups (broad SMARTS) is 1. The van der Waals surface area contributed by atoms with Crippen LogP contribution in [0.4, 0.5) is 0 Å². The zero-order valence-electron chi connectivity index (χ0n) is 11.6. The molecular weight excluding hydrogens is 262 g/mol. The molecule has 0 aliphatic heterocycles. The lowest BCUT2D eigenvalue weighted by atomic mass is 9.96. The Kier molecular flexibility index (Phi) is 6.24. The highest BCUT2D eigenvalue weighted by atomic mass is 32.2. The molecule has 2 unspecified atom stereocenters. The summed E-state index contributed by atoms with van der Waals surface area (Å²) in [6.45, 7) is 6.48. The quantitative estimate of drug-likeness (QED) is 0.562. The van der Waals surface area contributed by atoms with Gasteiger partial charge in [0, 0.05) is 11.4 Å². The van der Waals surface area contributed by atoms with Crippen LogP contribution in [0.2, 0.25) is 0 Å². The topological polar surface area (TPSA) is 75.1 Å². The smallest absolute Gasteiger partial charge is 0.323 e. The Labute approximate surface area is 118 Å². The van der Waals surface area contributed by atoms with Gasteiger partial charge < -0.3 is 10.4 Å². The van der Waals surface area contributed by atoms with E-state index in [1.54, 1.807) is 24.9 Å². The van der Waals surface area contributed by atoms with E-state index in [-0.39, 0.29) is 5.25 Å². The van der Waals surface area contributed by atoms with E-state index in [4.69, 9.17) is 0 Å². The summed E-state index contributed by atoms with van der Waals surface area (Å²) < 4.78 is 0. The Hall–Kier alpha value is -1.14. The van der Waals surface area contributed by atoms with Gasteiger partial charge in [0.2, 0.25) is 0 Å². The number of aromatic nitrogens is 2. The van der Waals surface area contributed by atoms with E-state index in [1.165, 1.54) is 6.33 Å². The first-order valence-corrected chi connectivity index (χ1v) is 7.27. The second-order valence-electron chi connectivity index (χ2n) is 4.74. The third kappa shape index (κ3) is 5.16. The number of thioether (sulfide) groups is 1. The predicted octanol–water partition coefficient (Wildman–Crippen LogP) is 2.19. The van der Waals surface area contributed by atoms with Crippen molar-refractivity contribution in [1.82, 2.24) is 15.3 Å². The summed E-state index contributed by atoms with van der Waals surface area (Å²) in [5, 5.41) is 13.5. The first-order chi connectivity index (χ1) is 8.98. The van der Waals surface area contributed by atoms with Crippen LogP contribution in [-0.2, 0) is 4.79 Å². The highest BCUT2D eigenvalue weighted by Crippen LogP contribution is 2.27. The SMILES string of the molecule is CCCNC(C)(CC(C)Sc1ccncn1)C(=O)O. The summed E-state index contributed by atoms with van der Waals surface area (Å²) in [5.74, 6) is -0.809. The molecule has 0 radical (unpaired) electrons. The van der Waals surface area contributed by atoms with E-state index >= 15 is 0 Å². The van der Waals surface area contributed by atoms with Gasteiger partial charge in [-0.1, -0.05) is 13.8 Å². The third-order valence-corrected chi connectivity index (χ3v) is 3.86. The first kappa shape index (κ1) is 15.9. The molecule has 0 saturated heterocycles. The van der Waals surface area contributed by atoms with Crippen LogP contribution < -0.4 is 5.32 Å². The van der Waals surface area contributed by atoms with Crippen LogP contribution in [0.25, 0.3) is 0 Å². The molecule has 0 spiro atoms. The maximum Gasteiger partial charge on any atom is 0.323 e. The standard InChI is InChI=1S/C13H21N3O2S/c1-4-6-16-13(3,12(17)18)8-10(2)19-11-5-7-14-9-15-11/h5,7,9-10,16H,4,6,8H2,1-3H3,(H,17,18). The fourth-order valence-electron chi connectivity index (χ4n) is 1.81. The molecular formula is C13H21N3O2S. The van der Waals surface area contributed by atoms with Gasteiger partial charge >= 0.3 is 5.97 Å². The molecule has 1 aromatic rings. The Morgan fingerprint density at radius 3 is 2.89 bits per heavy atom. The zero-order valence-corrected chi connectivity index (χ0v) is 12.4. The maximum absolute atomic E-state index is 11.4. The lowest BCUT2D eigenvalue weighted by Crippen LogP contribution is -2.51. The summed E-state index contributed by atoms with van der Waals surface area (Å²) in [6, 6.07) is 1.83. The van der Waals surface area contributed by atoms with Crippen molar-refractivity contribution >= 4 is 17.7 Å². The molecule has 1 aromatic heterocycles. The van der Waals surface area contributed by atoms with Gasteiger partial charge in [0.25, 0.3) is 0 Å². The number of rotatable bonds is 8. The summed E-state index contributed by atoms with van der Waals surface area (Å²) in [4.78, 5) is 19.4. The van der Waals surface area contributed by atoms with Gasteiger partial charge in [-0.05, 0) is 32.4 Å². The van der Waals surface area contributed by atoms with Crippen LogP contribution in [0.5, 0.6) is 0 Å². The molecule has 2 N–H and O–H groups in total. The van der Waals surface area contributed by atoms with Crippen molar-refractivity contribution in [3.63, 3.8) is 0 Å². The van der Waals surface area contributed by atoms with Crippen molar-refractivity contribution in [1.29, 1.82) is 0 Å². The molecule has 0 fully saturated rings. The first-order valence-electron chi connectivity index (χ1n) is 6.39. The Morgan fingerprint density at radius 1 is 1.63 bits per heavy atom. The van der Waals surface area contributed by atoms with Gasteiger partial charge in [-0.2, -0.15) is 0 Å². The van der Waals surface area contributed by atoms with E-state index in [2.05, 4.69) is 15.3 Å². The molecule has 0 aromatic carbocycles. The number of aliphatic carboxylic acids is 1. The van der Waals surface area contributed by atoms with Crippen LogP contribution in [-0.4, -0.2) is 38.4 Å². The van der Waals surface area contributed by atoms with Crippen LogP contribution in [0.3, 0.4) is 0 Å². The van der Waals surface area contributed by atoms with Gasteiger partial charge in [-0.3, -0.25) is 4.79 Å². The van der Waals surface area contributed by atoms with Gasteiger partial charge in [-0.15, -0.1) is 11.8 Å². The molecule has 0 saturated carbocycles. The van der Waals surface area contributed by atoms with E-state index in [9.17, 15) is 9.90 Å². The second-order valence-corrected chi connectivity index (χ2v) is 6.20. The van der Waals surface area contributed by atoms with Crippen molar-refractivity contribution in [3.05, 3.63) is 18.6 Å². The van der Waals surface area contributed by atoms with Gasteiger partial charge in [0.15, 0.2) is 0 Å². The summed E-state index contributed by atoms with van der Waals surface area (Å²) in [5.41, 5.74) is -0.893. The largest absolute Gasteiger partial charge is 0.480 e. The minimum Gasteiger partial charge on any atom is -0.480 e. The molecule has 0 amide bonds. The molecule has 5 nitrogen and oxygen atoms in total. The van der Waals surface area contributed by atoms with E-state index in [0.717, 1.165) is 11.4 Å². The van der Waals surface area contributed by atoms with E-state index in [1.807, 2.05) is 19.9 Å². The number of nitrogens with zero attached hydrogens (tertiary/aromatic N) is 2. The van der Waals surface area contributed by atoms with Crippen molar-refractivity contribution in [2.75, 3.05) is 6.54 Å². The highest BCUT2D eigenvalue weighted by molar-refractivity contribution is 7.99. The third-order valence-electron chi connectivity index (χ3n) is 2.81. The van der Waals surface area contributed by atoms with Crippen LogP contribution >= 0.6 is 11.8 Å². The lowest BCUT2D eigenvalue weighted by Gasteiger charge is -2.28. The predicted molar refractivity (Wildman–Crippen MR) is 76.3 cm³/mol. The number of carbonyl (C=O) groups is 1. The Balaban J connectivity index is 2.61. The molecule has 1 heterocycles. The molecule has 0 aliphatic rings. The molecule has 2 atom stereocenters. The minimum atomic E-state index is -0.893. The lowest BCUT2D eigenvalue weighted by molar-refractivity contribution is -0.144. The molecule has 106 valence electrons. The molecule has 6 heteroatoms. The van der Waals surface area contributed by atoms with Gasteiger partial charge in [0.1, 0.15) is 11.9 Å². The van der Waals surface area contributed by atoms with Crippen LogP contribution in [0, 0.1) is 0 Å². The van der Waals surface area contributed by atoms with Crippen molar-refractivity contribution < 1.29 is 9.90 Å². The maximum atomic E-state index is 11.4. The number of nitrogens with one attached hydrogen (secondary N) is 1. The number of carboxylic acids is 1. The van der Waals surface area contributed by atoms with Crippen molar-refractivity contribution in [3.8, 4) is 0 Å². The highest BCUT2D eigenvalue weighted by Gasteiger charge is 2.34. The average molecular weight is 283 g/mol. The van der Waals surface area contributed by atoms with Crippen molar-refractivity contribution in [2.45, 2.75) is 49.4 Å². The monoisotopic (exact) mass is 283 g/mol. The summed E-state index contributed by atoms with van der Waals surface area (Å²) in [6.07, 6.45) is 4.64. The van der Waals surface area contributed by atoms with Gasteiger partial charge in [0.05, 0.1) is 5.03 Å². The fraction of sp³-hybridized carbons (Fsp3) is 0.615. The van der Waals surface area contributed by atoms with Crippen LogP contribution in [0.15, 0.2) is 23.6 Å². The fourth-order valence-corrected chi connectivity index (χ4v) is 2.88. The second kappa shape index (κ2) is 7.45. The van der Waals surface area contributed by atoms with Gasteiger partial charge in [-0.25, -0.2) is 9.97 Å². The zero-order chi connectivity index (χ0) is 14.3. The summed E-state index contributed by atoms with van der Waals surface area (Å²) >= 11 is 1.57. The Bertz CT molecular complexity index is 402. The van der Waals surface area contributed by atoms with Crippen molar-refractivity contribution in [2.24, 2.45) is 0 Å². The molecule has 0 bridgehead atoms.